The largest absolute Gasteiger partial charge is 0.436 e. The molecular weight excluding hydrogens is 512 g/mol. The Balaban J connectivity index is 1.78. The number of nitrogens with zero attached hydrogens (tertiary/aromatic N) is 4. The molecule has 3 amide bonds. The maximum Gasteiger partial charge on any atom is 0.410 e. The molecule has 11 heteroatoms. The highest BCUT2D eigenvalue weighted by Crippen LogP contribution is 2.20. The van der Waals surface area contributed by atoms with Crippen LogP contribution in [0.1, 0.15) is 37.9 Å². The van der Waals surface area contributed by atoms with Gasteiger partial charge in [0.1, 0.15) is 5.69 Å². The average Bonchev–Trinajstić information content (AvgIpc) is 3.31. The van der Waals surface area contributed by atoms with Crippen molar-refractivity contribution in [3.63, 3.8) is 0 Å². The Bertz CT molecular complexity index is 1490. The summed E-state index contributed by atoms with van der Waals surface area (Å²) in [5.74, 6) is -0.839. The summed E-state index contributed by atoms with van der Waals surface area (Å²) in [6.07, 6.45) is 6.99. The highest BCUT2D eigenvalue weighted by Gasteiger charge is 2.24. The fourth-order valence-electron chi connectivity index (χ4n) is 3.82. The van der Waals surface area contributed by atoms with Gasteiger partial charge >= 0.3 is 6.09 Å². The maximum atomic E-state index is 13.2. The number of allylic oxidation sites excluding steroid dienone is 2. The van der Waals surface area contributed by atoms with Gasteiger partial charge in [-0.3, -0.25) is 19.4 Å². The molecule has 0 fully saturated rings. The number of carbonyl (C=O) groups is 3. The van der Waals surface area contributed by atoms with Crippen molar-refractivity contribution in [2.24, 2.45) is 0 Å². The zero-order valence-electron chi connectivity index (χ0n) is 23.7. The minimum atomic E-state index is -1.17. The van der Waals surface area contributed by atoms with Gasteiger partial charge in [0.05, 0.1) is 17.6 Å². The van der Waals surface area contributed by atoms with Crippen molar-refractivity contribution in [3.05, 3.63) is 76.0 Å². The monoisotopic (exact) mass is 548 g/mol. The number of hydrogen-bond acceptors (Lipinski definition) is 6. The third-order valence-electron chi connectivity index (χ3n) is 5.87. The molecule has 0 radical (unpaired) electrons. The molecule has 0 spiro atoms. The lowest BCUT2D eigenvalue weighted by molar-refractivity contribution is -0.125. The SMILES string of the molecule is CC(C)=Cc1ccnc2cc(Cn3cccc(NC(=O)[C@H](CC/C=C/C(=O)N(C)C)OC(=O)N(C)C)c3=O)[nH]c12. The summed E-state index contributed by atoms with van der Waals surface area (Å²) in [4.78, 5) is 60.7. The summed E-state index contributed by atoms with van der Waals surface area (Å²) >= 11 is 0. The molecule has 0 aromatic carbocycles. The number of aromatic amines is 1. The van der Waals surface area contributed by atoms with Gasteiger partial charge in [-0.15, -0.1) is 0 Å². The number of ether oxygens (including phenoxy) is 1. The van der Waals surface area contributed by atoms with Gasteiger partial charge in [0.2, 0.25) is 5.91 Å². The van der Waals surface area contributed by atoms with Crippen LogP contribution in [0.5, 0.6) is 0 Å². The van der Waals surface area contributed by atoms with Gasteiger partial charge in [0.25, 0.3) is 11.5 Å². The molecule has 11 nitrogen and oxygen atoms in total. The smallest absolute Gasteiger partial charge is 0.410 e. The molecule has 0 aliphatic heterocycles. The topological polar surface area (TPSA) is 130 Å². The van der Waals surface area contributed by atoms with E-state index >= 15 is 0 Å². The van der Waals surface area contributed by atoms with E-state index in [1.165, 1.54) is 40.6 Å². The minimum Gasteiger partial charge on any atom is -0.436 e. The van der Waals surface area contributed by atoms with Crippen LogP contribution in [0.2, 0.25) is 0 Å². The van der Waals surface area contributed by atoms with Crippen molar-refractivity contribution in [1.29, 1.82) is 0 Å². The van der Waals surface area contributed by atoms with E-state index < -0.39 is 23.7 Å². The van der Waals surface area contributed by atoms with Crippen LogP contribution in [-0.4, -0.2) is 76.5 Å². The normalized spacial score (nSPS) is 11.8. The Hall–Kier alpha value is -4.67. The fourth-order valence-corrected chi connectivity index (χ4v) is 3.82. The zero-order valence-corrected chi connectivity index (χ0v) is 23.7. The number of likely N-dealkylation sites (N-methyl/N-ethyl adjacent to an activating group) is 1. The maximum absolute atomic E-state index is 13.2. The molecule has 0 aliphatic rings. The molecule has 2 N–H and O–H groups in total. The molecule has 0 aliphatic carbocycles. The molecule has 0 unspecified atom stereocenters. The summed E-state index contributed by atoms with van der Waals surface area (Å²) in [5.41, 5.74) is 4.23. The molecule has 40 heavy (non-hydrogen) atoms. The van der Waals surface area contributed by atoms with E-state index in [4.69, 9.17) is 4.74 Å². The van der Waals surface area contributed by atoms with Crippen LogP contribution in [0, 0.1) is 0 Å². The number of H-pyrrole nitrogens is 1. The predicted octanol–water partition coefficient (Wildman–Crippen LogP) is 3.63. The lowest BCUT2D eigenvalue weighted by Crippen LogP contribution is -2.37. The van der Waals surface area contributed by atoms with E-state index in [0.29, 0.717) is 6.42 Å². The van der Waals surface area contributed by atoms with Gasteiger partial charge in [-0.1, -0.05) is 17.7 Å². The van der Waals surface area contributed by atoms with Gasteiger partial charge in [0, 0.05) is 51.8 Å². The van der Waals surface area contributed by atoms with Crippen LogP contribution in [-0.2, 0) is 20.9 Å². The molecule has 212 valence electrons. The van der Waals surface area contributed by atoms with Crippen LogP contribution in [0.3, 0.4) is 0 Å². The second-order valence-electron chi connectivity index (χ2n) is 10.0. The third kappa shape index (κ3) is 7.92. The average molecular weight is 549 g/mol. The Morgan fingerprint density at radius 2 is 1.90 bits per heavy atom. The first-order chi connectivity index (χ1) is 19.0. The van der Waals surface area contributed by atoms with Crippen molar-refractivity contribution in [2.45, 2.75) is 39.3 Å². The van der Waals surface area contributed by atoms with Gasteiger partial charge in [-0.2, -0.15) is 0 Å². The lowest BCUT2D eigenvalue weighted by atomic mass is 10.1. The quantitative estimate of drug-likeness (QED) is 0.372. The standard InChI is InChI=1S/C29H36N6O5/c1-19(2)16-20-13-14-30-23-17-21(31-26(20)23)18-35-15-9-10-22(28(35)38)32-27(37)24(40-29(39)34(5)6)11-7-8-12-25(36)33(3)4/h8-10,12-17,24,31H,7,11,18H2,1-6H3,(H,32,37)/b12-8+/t24-/m0/s1. The molecular formula is C29H36N6O5. The predicted molar refractivity (Wildman–Crippen MR) is 155 cm³/mol. The first kappa shape index (κ1) is 29.9. The summed E-state index contributed by atoms with van der Waals surface area (Å²) in [6.45, 7) is 4.27. The van der Waals surface area contributed by atoms with Crippen molar-refractivity contribution in [2.75, 3.05) is 33.5 Å². The van der Waals surface area contributed by atoms with E-state index in [0.717, 1.165) is 27.9 Å². The first-order valence-corrected chi connectivity index (χ1v) is 12.8. The molecule has 0 saturated carbocycles. The number of carbonyl (C=O) groups excluding carboxylic acids is 3. The number of hydrogen-bond donors (Lipinski definition) is 2. The molecule has 3 rings (SSSR count). The summed E-state index contributed by atoms with van der Waals surface area (Å²) < 4.78 is 6.83. The molecule has 3 aromatic rings. The van der Waals surface area contributed by atoms with Crippen LogP contribution >= 0.6 is 0 Å². The van der Waals surface area contributed by atoms with Gasteiger partial charge < -0.3 is 29.4 Å². The van der Waals surface area contributed by atoms with Crippen molar-refractivity contribution in [1.82, 2.24) is 24.3 Å². The number of pyridine rings is 2. The van der Waals surface area contributed by atoms with E-state index in [-0.39, 0.29) is 24.6 Å². The molecule has 0 bridgehead atoms. The van der Waals surface area contributed by atoms with Crippen molar-refractivity contribution in [3.8, 4) is 0 Å². The van der Waals surface area contributed by atoms with E-state index in [1.807, 2.05) is 26.0 Å². The van der Waals surface area contributed by atoms with Gasteiger partial charge in [0.15, 0.2) is 6.10 Å². The molecule has 0 saturated heterocycles. The summed E-state index contributed by atoms with van der Waals surface area (Å²) in [5, 5.41) is 2.61. The van der Waals surface area contributed by atoms with Gasteiger partial charge in [-0.05, 0) is 57.0 Å². The number of anilines is 1. The second-order valence-corrected chi connectivity index (χ2v) is 10.0. The third-order valence-corrected chi connectivity index (χ3v) is 5.87. The van der Waals surface area contributed by atoms with Crippen molar-refractivity contribution < 1.29 is 19.1 Å². The van der Waals surface area contributed by atoms with E-state index in [9.17, 15) is 19.2 Å². The Morgan fingerprint density at radius 1 is 1.15 bits per heavy atom. The molecule has 3 aromatic heterocycles. The number of fused-ring (bicyclic) bond motifs is 1. The number of aromatic nitrogens is 3. The second kappa shape index (κ2) is 13.4. The molecule has 1 atom stereocenters. The summed E-state index contributed by atoms with van der Waals surface area (Å²) in [7, 11) is 6.27. The Labute approximate surface area is 233 Å². The lowest BCUT2D eigenvalue weighted by Gasteiger charge is -2.19. The van der Waals surface area contributed by atoms with E-state index in [1.54, 1.807) is 38.6 Å². The summed E-state index contributed by atoms with van der Waals surface area (Å²) in [6, 6.07) is 6.97. The number of nitrogens with one attached hydrogen (secondary N) is 2. The highest BCUT2D eigenvalue weighted by atomic mass is 16.6. The Morgan fingerprint density at radius 3 is 2.58 bits per heavy atom. The fraction of sp³-hybridized carbons (Fsp3) is 0.345. The van der Waals surface area contributed by atoms with Crippen LogP contribution in [0.15, 0.2) is 59.2 Å². The van der Waals surface area contributed by atoms with Crippen LogP contribution < -0.4 is 10.9 Å². The zero-order chi connectivity index (χ0) is 29.4. The molecule has 3 heterocycles. The van der Waals surface area contributed by atoms with Crippen LogP contribution in [0.25, 0.3) is 17.1 Å². The van der Waals surface area contributed by atoms with E-state index in [2.05, 4.69) is 21.4 Å². The number of rotatable bonds is 10. The van der Waals surface area contributed by atoms with Crippen LogP contribution in [0.4, 0.5) is 10.5 Å². The Kier molecular flexibility index (Phi) is 10.0. The number of amides is 3. The van der Waals surface area contributed by atoms with Crippen molar-refractivity contribution >= 4 is 40.7 Å². The minimum absolute atomic E-state index is 0.0520. The van der Waals surface area contributed by atoms with Gasteiger partial charge in [-0.25, -0.2) is 4.79 Å². The highest BCUT2D eigenvalue weighted by molar-refractivity contribution is 5.95. The first-order valence-electron chi connectivity index (χ1n) is 12.8.